The first-order valence-electron chi connectivity index (χ1n) is 6.11. The molecule has 0 aromatic heterocycles. The van der Waals surface area contributed by atoms with Crippen LogP contribution in [0.4, 0.5) is 5.69 Å². The second-order valence-corrected chi connectivity index (χ2v) is 5.01. The summed E-state index contributed by atoms with van der Waals surface area (Å²) in [5, 5.41) is 11.9. The number of carboxylic acid groups (broad SMARTS) is 1. The molecule has 0 saturated heterocycles. The molecule has 1 aromatic rings. The lowest BCUT2D eigenvalue weighted by molar-refractivity contribution is -0.116. The van der Waals surface area contributed by atoms with E-state index in [0.717, 1.165) is 24.0 Å². The van der Waals surface area contributed by atoms with Crippen molar-refractivity contribution < 1.29 is 14.7 Å². The van der Waals surface area contributed by atoms with Crippen molar-refractivity contribution in [2.45, 2.75) is 33.1 Å². The van der Waals surface area contributed by atoms with Crippen molar-refractivity contribution in [3.63, 3.8) is 0 Å². The van der Waals surface area contributed by atoms with Gasteiger partial charge in [0.1, 0.15) is 0 Å². The standard InChI is InChI=1S/C14H17NO3/c1-8-5-9(2)13(11(6-8)14(17)18)15-12(16)7-10-3-4-10/h5-6,10H,3-4,7H2,1-2H3,(H,15,16)(H,17,18). The molecule has 0 radical (unpaired) electrons. The average Bonchev–Trinajstić information content (AvgIpc) is 3.05. The Balaban J connectivity index is 2.24. The molecule has 0 atom stereocenters. The zero-order chi connectivity index (χ0) is 13.3. The van der Waals surface area contributed by atoms with Gasteiger partial charge in [-0.1, -0.05) is 6.07 Å². The molecule has 0 unspecified atom stereocenters. The Morgan fingerprint density at radius 2 is 2.00 bits per heavy atom. The van der Waals surface area contributed by atoms with E-state index in [-0.39, 0.29) is 11.5 Å². The number of hydrogen-bond acceptors (Lipinski definition) is 2. The van der Waals surface area contributed by atoms with Crippen LogP contribution in [0.15, 0.2) is 12.1 Å². The number of aromatic carboxylic acids is 1. The first kappa shape index (κ1) is 12.6. The van der Waals surface area contributed by atoms with Crippen LogP contribution in [0.5, 0.6) is 0 Å². The number of rotatable bonds is 4. The summed E-state index contributed by atoms with van der Waals surface area (Å²) in [5.41, 5.74) is 2.26. The molecule has 1 aliphatic carbocycles. The van der Waals surface area contributed by atoms with E-state index in [1.165, 1.54) is 0 Å². The van der Waals surface area contributed by atoms with Gasteiger partial charge in [0.2, 0.25) is 5.91 Å². The summed E-state index contributed by atoms with van der Waals surface area (Å²) >= 11 is 0. The third-order valence-corrected chi connectivity index (χ3v) is 3.15. The second kappa shape index (κ2) is 4.80. The van der Waals surface area contributed by atoms with E-state index in [1.54, 1.807) is 6.07 Å². The summed E-state index contributed by atoms with van der Waals surface area (Å²) in [6.45, 7) is 3.65. The van der Waals surface area contributed by atoms with Crippen molar-refractivity contribution in [2.75, 3.05) is 5.32 Å². The third kappa shape index (κ3) is 2.88. The van der Waals surface area contributed by atoms with Crippen molar-refractivity contribution in [1.82, 2.24) is 0 Å². The third-order valence-electron chi connectivity index (χ3n) is 3.15. The zero-order valence-corrected chi connectivity index (χ0v) is 10.6. The Bertz CT molecular complexity index is 504. The lowest BCUT2D eigenvalue weighted by atomic mass is 10.0. The molecule has 4 nitrogen and oxygen atoms in total. The monoisotopic (exact) mass is 247 g/mol. The van der Waals surface area contributed by atoms with Crippen LogP contribution in [0.3, 0.4) is 0 Å². The van der Waals surface area contributed by atoms with Crippen molar-refractivity contribution in [3.05, 3.63) is 28.8 Å². The fourth-order valence-electron chi connectivity index (χ4n) is 2.08. The van der Waals surface area contributed by atoms with E-state index in [1.807, 2.05) is 19.9 Å². The van der Waals surface area contributed by atoms with Gasteiger partial charge < -0.3 is 10.4 Å². The van der Waals surface area contributed by atoms with Crippen molar-refractivity contribution in [2.24, 2.45) is 5.92 Å². The van der Waals surface area contributed by atoms with Crippen LogP contribution in [0.25, 0.3) is 0 Å². The van der Waals surface area contributed by atoms with Crippen molar-refractivity contribution in [3.8, 4) is 0 Å². The van der Waals surface area contributed by atoms with Crippen molar-refractivity contribution in [1.29, 1.82) is 0 Å². The highest BCUT2D eigenvalue weighted by atomic mass is 16.4. The molecule has 1 aromatic carbocycles. The van der Waals surface area contributed by atoms with Gasteiger partial charge in [0.15, 0.2) is 0 Å². The Morgan fingerprint density at radius 3 is 2.56 bits per heavy atom. The number of carboxylic acids is 1. The number of anilines is 1. The summed E-state index contributed by atoms with van der Waals surface area (Å²) in [5.74, 6) is -0.612. The molecule has 18 heavy (non-hydrogen) atoms. The first-order chi connectivity index (χ1) is 8.47. The van der Waals surface area contributed by atoms with E-state index >= 15 is 0 Å². The van der Waals surface area contributed by atoms with E-state index in [2.05, 4.69) is 5.32 Å². The van der Waals surface area contributed by atoms with E-state index in [9.17, 15) is 14.7 Å². The number of aryl methyl sites for hydroxylation is 2. The lowest BCUT2D eigenvalue weighted by Crippen LogP contribution is -2.16. The largest absolute Gasteiger partial charge is 0.478 e. The summed E-state index contributed by atoms with van der Waals surface area (Å²) in [4.78, 5) is 23.0. The molecule has 1 amide bonds. The Kier molecular flexibility index (Phi) is 3.36. The molecule has 96 valence electrons. The van der Waals surface area contributed by atoms with E-state index < -0.39 is 5.97 Å². The predicted molar refractivity (Wildman–Crippen MR) is 68.8 cm³/mol. The first-order valence-corrected chi connectivity index (χ1v) is 6.11. The molecule has 1 saturated carbocycles. The Morgan fingerprint density at radius 1 is 1.33 bits per heavy atom. The quantitative estimate of drug-likeness (QED) is 0.859. The fourth-order valence-corrected chi connectivity index (χ4v) is 2.08. The van der Waals surface area contributed by atoms with E-state index in [4.69, 9.17) is 0 Å². The van der Waals surface area contributed by atoms with Crippen LogP contribution in [-0.4, -0.2) is 17.0 Å². The maximum absolute atomic E-state index is 11.8. The predicted octanol–water partition coefficient (Wildman–Crippen LogP) is 2.74. The second-order valence-electron chi connectivity index (χ2n) is 5.01. The van der Waals surface area contributed by atoms with Gasteiger partial charge in [-0.15, -0.1) is 0 Å². The Hall–Kier alpha value is -1.84. The number of carbonyl (C=O) groups is 2. The summed E-state index contributed by atoms with van der Waals surface area (Å²) < 4.78 is 0. The maximum Gasteiger partial charge on any atom is 0.337 e. The minimum Gasteiger partial charge on any atom is -0.478 e. The Labute approximate surface area is 106 Å². The summed E-state index contributed by atoms with van der Waals surface area (Å²) in [7, 11) is 0. The smallest absolute Gasteiger partial charge is 0.337 e. The van der Waals surface area contributed by atoms with E-state index in [0.29, 0.717) is 18.0 Å². The van der Waals surface area contributed by atoms with Gasteiger partial charge in [0.05, 0.1) is 11.3 Å². The van der Waals surface area contributed by atoms with Crippen LogP contribution in [0.2, 0.25) is 0 Å². The lowest BCUT2D eigenvalue weighted by Gasteiger charge is -2.12. The number of nitrogens with one attached hydrogen (secondary N) is 1. The van der Waals surface area contributed by atoms with Gasteiger partial charge in [0, 0.05) is 6.42 Å². The molecule has 1 fully saturated rings. The normalized spacial score (nSPS) is 14.3. The number of amides is 1. The van der Waals surface area contributed by atoms with Gasteiger partial charge in [-0.3, -0.25) is 4.79 Å². The molecule has 4 heteroatoms. The van der Waals surface area contributed by atoms with Gasteiger partial charge in [0.25, 0.3) is 0 Å². The maximum atomic E-state index is 11.8. The van der Waals surface area contributed by atoms with Crippen LogP contribution >= 0.6 is 0 Å². The van der Waals surface area contributed by atoms with Gasteiger partial charge in [-0.05, 0) is 49.8 Å². The molecule has 0 bridgehead atoms. The number of benzene rings is 1. The minimum atomic E-state index is -1.01. The molecule has 1 aliphatic rings. The number of hydrogen-bond donors (Lipinski definition) is 2. The highest BCUT2D eigenvalue weighted by molar-refractivity contribution is 6.01. The van der Waals surface area contributed by atoms with Gasteiger partial charge in [-0.25, -0.2) is 4.79 Å². The van der Waals surface area contributed by atoms with Gasteiger partial charge in [-0.2, -0.15) is 0 Å². The van der Waals surface area contributed by atoms with Crippen LogP contribution in [0.1, 0.15) is 40.7 Å². The topological polar surface area (TPSA) is 66.4 Å². The molecule has 2 rings (SSSR count). The number of carbonyl (C=O) groups excluding carboxylic acids is 1. The molecular formula is C14H17NO3. The molecule has 2 N–H and O–H groups in total. The molecule has 0 spiro atoms. The highest BCUT2D eigenvalue weighted by Crippen LogP contribution is 2.33. The minimum absolute atomic E-state index is 0.0908. The zero-order valence-electron chi connectivity index (χ0n) is 10.6. The highest BCUT2D eigenvalue weighted by Gasteiger charge is 2.25. The molecular weight excluding hydrogens is 230 g/mol. The van der Waals surface area contributed by atoms with Gasteiger partial charge >= 0.3 is 5.97 Å². The molecule has 0 aliphatic heterocycles. The van der Waals surface area contributed by atoms with Crippen LogP contribution in [0, 0.1) is 19.8 Å². The average molecular weight is 247 g/mol. The summed E-state index contributed by atoms with van der Waals surface area (Å²) in [6.07, 6.45) is 2.70. The van der Waals surface area contributed by atoms with Crippen LogP contribution < -0.4 is 5.32 Å². The SMILES string of the molecule is Cc1cc(C)c(NC(=O)CC2CC2)c(C(=O)O)c1. The fraction of sp³-hybridized carbons (Fsp3) is 0.429. The van der Waals surface area contributed by atoms with Crippen LogP contribution in [-0.2, 0) is 4.79 Å². The van der Waals surface area contributed by atoms with Crippen molar-refractivity contribution >= 4 is 17.6 Å². The molecule has 0 heterocycles. The summed E-state index contributed by atoms with van der Waals surface area (Å²) in [6, 6.07) is 3.46.